The van der Waals surface area contributed by atoms with E-state index in [4.69, 9.17) is 4.74 Å². The highest BCUT2D eigenvalue weighted by atomic mass is 16.5. The average molecular weight is 291 g/mol. The zero-order valence-electron chi connectivity index (χ0n) is 14.1. The molecule has 0 aliphatic rings. The van der Waals surface area contributed by atoms with Crippen LogP contribution in [0.25, 0.3) is 0 Å². The van der Waals surface area contributed by atoms with E-state index in [0.29, 0.717) is 18.3 Å². The molecule has 1 atom stereocenters. The number of rotatable bonds is 7. The molecule has 3 nitrogen and oxygen atoms in total. The molecule has 3 heteroatoms. The molecular formula is C18H29NO2. The second kappa shape index (κ2) is 8.06. The van der Waals surface area contributed by atoms with Crippen LogP contribution in [0.2, 0.25) is 0 Å². The topological polar surface area (TPSA) is 38.3 Å². The summed E-state index contributed by atoms with van der Waals surface area (Å²) < 4.78 is 5.83. The van der Waals surface area contributed by atoms with Crippen molar-refractivity contribution in [1.29, 1.82) is 0 Å². The molecule has 1 rings (SSSR count). The van der Waals surface area contributed by atoms with Gasteiger partial charge in [-0.2, -0.15) is 0 Å². The fraction of sp³-hybridized carbons (Fsp3) is 0.611. The van der Waals surface area contributed by atoms with Gasteiger partial charge in [0.1, 0.15) is 5.75 Å². The summed E-state index contributed by atoms with van der Waals surface area (Å²) in [5, 5.41) is 3.13. The predicted octanol–water partition coefficient (Wildman–Crippen LogP) is 3.95. The molecule has 0 aliphatic heterocycles. The highest BCUT2D eigenvalue weighted by Gasteiger charge is 2.25. The predicted molar refractivity (Wildman–Crippen MR) is 87.5 cm³/mol. The Kier molecular flexibility index (Phi) is 6.73. The van der Waals surface area contributed by atoms with E-state index in [1.54, 1.807) is 0 Å². The lowest BCUT2D eigenvalue weighted by atomic mass is 9.93. The van der Waals surface area contributed by atoms with Crippen LogP contribution in [0.3, 0.4) is 0 Å². The lowest BCUT2D eigenvalue weighted by Crippen LogP contribution is -2.48. The molecule has 1 N–H and O–H groups in total. The molecule has 0 bridgehead atoms. The molecule has 0 radical (unpaired) electrons. The van der Waals surface area contributed by atoms with Crippen molar-refractivity contribution in [3.05, 3.63) is 29.8 Å². The van der Waals surface area contributed by atoms with Gasteiger partial charge in [0, 0.05) is 6.04 Å². The molecule has 0 saturated carbocycles. The Morgan fingerprint density at radius 3 is 2.05 bits per heavy atom. The van der Waals surface area contributed by atoms with E-state index in [1.807, 2.05) is 38.1 Å². The van der Waals surface area contributed by atoms with E-state index >= 15 is 0 Å². The fourth-order valence-electron chi connectivity index (χ4n) is 2.46. The van der Waals surface area contributed by atoms with E-state index in [2.05, 4.69) is 33.0 Å². The van der Waals surface area contributed by atoms with Crippen LogP contribution in [-0.2, 0) is 4.79 Å². The molecule has 118 valence electrons. The molecule has 0 fully saturated rings. The van der Waals surface area contributed by atoms with Crippen molar-refractivity contribution in [1.82, 2.24) is 5.32 Å². The van der Waals surface area contributed by atoms with Gasteiger partial charge in [0.05, 0.1) is 0 Å². The van der Waals surface area contributed by atoms with E-state index in [0.717, 1.165) is 5.75 Å². The maximum atomic E-state index is 12.4. The first kappa shape index (κ1) is 17.5. The summed E-state index contributed by atoms with van der Waals surface area (Å²) in [7, 11) is 0. The molecule has 0 saturated heterocycles. The molecule has 1 aromatic rings. The molecule has 0 unspecified atom stereocenters. The first-order chi connectivity index (χ1) is 9.85. The second-order valence-electron chi connectivity index (χ2n) is 6.35. The Balaban J connectivity index is 2.70. The SMILES string of the molecule is CC[C@H](Oc1ccc(C)cc1)C(=O)NC(C(C)C)C(C)C. The molecule has 21 heavy (non-hydrogen) atoms. The van der Waals surface area contributed by atoms with Crippen LogP contribution in [0.15, 0.2) is 24.3 Å². The van der Waals surface area contributed by atoms with Gasteiger partial charge in [-0.1, -0.05) is 52.3 Å². The lowest BCUT2D eigenvalue weighted by Gasteiger charge is -2.28. The Morgan fingerprint density at radius 1 is 1.10 bits per heavy atom. The molecule has 1 aromatic carbocycles. The zero-order valence-corrected chi connectivity index (χ0v) is 14.1. The number of carbonyl (C=O) groups is 1. The highest BCUT2D eigenvalue weighted by molar-refractivity contribution is 5.81. The Bertz CT molecular complexity index is 429. The van der Waals surface area contributed by atoms with Crippen molar-refractivity contribution in [2.75, 3.05) is 0 Å². The van der Waals surface area contributed by atoms with Crippen molar-refractivity contribution in [2.24, 2.45) is 11.8 Å². The summed E-state index contributed by atoms with van der Waals surface area (Å²) in [6.45, 7) is 12.5. The minimum atomic E-state index is -0.437. The van der Waals surface area contributed by atoms with Gasteiger partial charge in [-0.05, 0) is 37.3 Å². The highest BCUT2D eigenvalue weighted by Crippen LogP contribution is 2.16. The second-order valence-corrected chi connectivity index (χ2v) is 6.35. The van der Waals surface area contributed by atoms with Crippen LogP contribution in [0.4, 0.5) is 0 Å². The monoisotopic (exact) mass is 291 g/mol. The first-order valence-electron chi connectivity index (χ1n) is 7.88. The van der Waals surface area contributed by atoms with E-state index < -0.39 is 6.10 Å². The van der Waals surface area contributed by atoms with Crippen molar-refractivity contribution >= 4 is 5.91 Å². The third-order valence-corrected chi connectivity index (χ3v) is 3.71. The van der Waals surface area contributed by atoms with Crippen molar-refractivity contribution < 1.29 is 9.53 Å². The normalized spacial score (nSPS) is 12.8. The van der Waals surface area contributed by atoms with Crippen LogP contribution in [-0.4, -0.2) is 18.1 Å². The smallest absolute Gasteiger partial charge is 0.261 e. The first-order valence-corrected chi connectivity index (χ1v) is 7.88. The third kappa shape index (κ3) is 5.41. The quantitative estimate of drug-likeness (QED) is 0.826. The van der Waals surface area contributed by atoms with E-state index in [-0.39, 0.29) is 11.9 Å². The molecule has 0 aromatic heterocycles. The number of hydrogen-bond donors (Lipinski definition) is 1. The summed E-state index contributed by atoms with van der Waals surface area (Å²) in [6, 6.07) is 7.98. The number of amides is 1. The zero-order chi connectivity index (χ0) is 16.0. The Morgan fingerprint density at radius 2 is 1.62 bits per heavy atom. The summed E-state index contributed by atoms with van der Waals surface area (Å²) in [5.74, 6) is 1.54. The summed E-state index contributed by atoms with van der Waals surface area (Å²) in [5.41, 5.74) is 1.18. The van der Waals surface area contributed by atoms with Gasteiger partial charge < -0.3 is 10.1 Å². The van der Waals surface area contributed by atoms with Crippen molar-refractivity contribution in [2.45, 2.75) is 60.1 Å². The maximum absolute atomic E-state index is 12.4. The van der Waals surface area contributed by atoms with E-state index in [9.17, 15) is 4.79 Å². The minimum absolute atomic E-state index is 0.0227. The van der Waals surface area contributed by atoms with Crippen LogP contribution >= 0.6 is 0 Å². The van der Waals surface area contributed by atoms with Crippen molar-refractivity contribution in [3.63, 3.8) is 0 Å². The third-order valence-electron chi connectivity index (χ3n) is 3.71. The summed E-state index contributed by atoms with van der Waals surface area (Å²) >= 11 is 0. The lowest BCUT2D eigenvalue weighted by molar-refractivity contribution is -0.129. The number of carbonyl (C=O) groups excluding carboxylic acids is 1. The van der Waals surface area contributed by atoms with Crippen LogP contribution < -0.4 is 10.1 Å². The summed E-state index contributed by atoms with van der Waals surface area (Å²) in [4.78, 5) is 12.4. The standard InChI is InChI=1S/C18H29NO2/c1-7-16(21-15-10-8-14(6)9-11-15)18(20)19-17(12(2)3)13(4)5/h8-13,16-17H,7H2,1-6H3,(H,19,20)/t16-/m0/s1. The van der Waals surface area contributed by atoms with Gasteiger partial charge >= 0.3 is 0 Å². The molecule has 1 amide bonds. The Hall–Kier alpha value is -1.51. The van der Waals surface area contributed by atoms with Crippen LogP contribution in [0, 0.1) is 18.8 Å². The van der Waals surface area contributed by atoms with Crippen molar-refractivity contribution in [3.8, 4) is 5.75 Å². The molecular weight excluding hydrogens is 262 g/mol. The molecule has 0 aliphatic carbocycles. The maximum Gasteiger partial charge on any atom is 0.261 e. The largest absolute Gasteiger partial charge is 0.481 e. The number of hydrogen-bond acceptors (Lipinski definition) is 2. The van der Waals surface area contributed by atoms with Crippen LogP contribution in [0.1, 0.15) is 46.6 Å². The molecule has 0 heterocycles. The van der Waals surface area contributed by atoms with Gasteiger partial charge in [0.25, 0.3) is 5.91 Å². The van der Waals surface area contributed by atoms with E-state index in [1.165, 1.54) is 5.56 Å². The molecule has 0 spiro atoms. The van der Waals surface area contributed by atoms with Gasteiger partial charge in [0.15, 0.2) is 6.10 Å². The number of nitrogens with one attached hydrogen (secondary N) is 1. The minimum Gasteiger partial charge on any atom is -0.481 e. The Labute approximate surface area is 129 Å². The summed E-state index contributed by atoms with van der Waals surface area (Å²) in [6.07, 6.45) is 0.218. The average Bonchev–Trinajstić information content (AvgIpc) is 2.43. The number of ether oxygens (including phenoxy) is 1. The number of aryl methyl sites for hydroxylation is 1. The van der Waals surface area contributed by atoms with Gasteiger partial charge in [-0.25, -0.2) is 0 Å². The number of benzene rings is 1. The van der Waals surface area contributed by atoms with Crippen LogP contribution in [0.5, 0.6) is 5.75 Å². The van der Waals surface area contributed by atoms with Gasteiger partial charge in [-0.3, -0.25) is 4.79 Å². The van der Waals surface area contributed by atoms with Gasteiger partial charge in [0.2, 0.25) is 0 Å². The van der Waals surface area contributed by atoms with Gasteiger partial charge in [-0.15, -0.1) is 0 Å². The fourth-order valence-corrected chi connectivity index (χ4v) is 2.46.